The van der Waals surface area contributed by atoms with E-state index in [0.29, 0.717) is 41.8 Å². The summed E-state index contributed by atoms with van der Waals surface area (Å²) in [6.45, 7) is 6.34. The number of aryl methyl sites for hydroxylation is 2. The van der Waals surface area contributed by atoms with Crippen molar-refractivity contribution in [2.24, 2.45) is 0 Å². The number of fused-ring (bicyclic) bond motifs is 1. The Bertz CT molecular complexity index is 1410. The van der Waals surface area contributed by atoms with Crippen molar-refractivity contribution in [3.8, 4) is 5.75 Å². The lowest BCUT2D eigenvalue weighted by molar-refractivity contribution is -0.132. The lowest BCUT2D eigenvalue weighted by atomic mass is 9.98. The summed E-state index contributed by atoms with van der Waals surface area (Å²) < 4.78 is 39.9. The Hall–Kier alpha value is -2.70. The van der Waals surface area contributed by atoms with E-state index in [1.54, 1.807) is 19.9 Å². The number of amides is 2. The van der Waals surface area contributed by atoms with E-state index in [1.165, 1.54) is 6.07 Å². The third-order valence-corrected chi connectivity index (χ3v) is 10.4. The van der Waals surface area contributed by atoms with Crippen LogP contribution in [0.2, 0.25) is 5.02 Å². The Labute approximate surface area is 246 Å². The number of hydrogen-bond acceptors (Lipinski definition) is 7. The number of ether oxygens (including phenoxy) is 2. The van der Waals surface area contributed by atoms with Crippen molar-refractivity contribution >= 4 is 33.4 Å². The van der Waals surface area contributed by atoms with Crippen LogP contribution >= 0.6 is 11.6 Å². The molecule has 3 aliphatic heterocycles. The average Bonchev–Trinajstić information content (AvgIpc) is 2.95. The summed E-state index contributed by atoms with van der Waals surface area (Å²) in [5.74, 6) is -0.173. The van der Waals surface area contributed by atoms with Gasteiger partial charge < -0.3 is 25.4 Å². The van der Waals surface area contributed by atoms with E-state index >= 15 is 0 Å². The number of carbonyl (C=O) groups excluding carboxylic acids is 2. The molecule has 2 saturated heterocycles. The third kappa shape index (κ3) is 6.70. The molecular formula is C29H37ClN4O6S. The van der Waals surface area contributed by atoms with Gasteiger partial charge in [-0.3, -0.25) is 9.59 Å². The highest BCUT2D eigenvalue weighted by Gasteiger charge is 2.40. The van der Waals surface area contributed by atoms with Crippen molar-refractivity contribution in [1.82, 2.24) is 20.3 Å². The Morgan fingerprint density at radius 1 is 1.10 bits per heavy atom. The largest absolute Gasteiger partial charge is 0.493 e. The molecule has 10 nitrogen and oxygen atoms in total. The second-order valence-electron chi connectivity index (χ2n) is 10.9. The molecule has 1 unspecified atom stereocenters. The summed E-state index contributed by atoms with van der Waals surface area (Å²) in [7, 11) is -4.06. The van der Waals surface area contributed by atoms with E-state index in [0.717, 1.165) is 47.2 Å². The minimum Gasteiger partial charge on any atom is -0.493 e. The molecule has 0 aromatic heterocycles. The summed E-state index contributed by atoms with van der Waals surface area (Å²) in [6, 6.07) is 8.07. The molecule has 0 bridgehead atoms. The van der Waals surface area contributed by atoms with Crippen LogP contribution in [-0.4, -0.2) is 69.5 Å². The number of nitrogens with zero attached hydrogens (tertiary/aromatic N) is 1. The van der Waals surface area contributed by atoms with Crippen molar-refractivity contribution in [2.45, 2.75) is 69.1 Å². The van der Waals surface area contributed by atoms with Gasteiger partial charge in [0.1, 0.15) is 11.8 Å². The minimum atomic E-state index is -4.06. The zero-order valence-corrected chi connectivity index (χ0v) is 24.9. The van der Waals surface area contributed by atoms with Crippen LogP contribution < -0.4 is 20.7 Å². The number of carbonyl (C=O) groups is 2. The first-order valence-corrected chi connectivity index (χ1v) is 15.9. The van der Waals surface area contributed by atoms with Crippen LogP contribution in [0, 0.1) is 13.8 Å². The molecule has 3 aliphatic rings. The smallest absolute Gasteiger partial charge is 0.244 e. The van der Waals surface area contributed by atoms with Crippen LogP contribution in [0.4, 0.5) is 0 Å². The van der Waals surface area contributed by atoms with Gasteiger partial charge >= 0.3 is 0 Å². The molecule has 0 saturated carbocycles. The normalized spacial score (nSPS) is 22.0. The predicted octanol–water partition coefficient (Wildman–Crippen LogP) is 2.74. The van der Waals surface area contributed by atoms with E-state index in [9.17, 15) is 18.0 Å². The summed E-state index contributed by atoms with van der Waals surface area (Å²) in [5.41, 5.74) is 3.06. The van der Waals surface area contributed by atoms with E-state index in [1.807, 2.05) is 18.2 Å². The highest BCUT2D eigenvalue weighted by Crippen LogP contribution is 2.34. The molecule has 41 heavy (non-hydrogen) atoms. The Balaban J connectivity index is 1.27. The number of hydrogen-bond donors (Lipinski definition) is 3. The van der Waals surface area contributed by atoms with Crippen LogP contribution in [-0.2, 0) is 30.9 Å². The molecular weight excluding hydrogens is 568 g/mol. The van der Waals surface area contributed by atoms with Gasteiger partial charge in [0.15, 0.2) is 0 Å². The molecule has 0 spiro atoms. The second kappa shape index (κ2) is 12.7. The Kier molecular flexibility index (Phi) is 9.20. The van der Waals surface area contributed by atoms with Crippen LogP contribution in [0.3, 0.4) is 0 Å². The van der Waals surface area contributed by atoms with E-state index in [4.69, 9.17) is 21.1 Å². The SMILES string of the molecule is Cc1cc(S(=O)(=O)N2CCNC(=O)C2CC(=O)N[C@@H]2CCOc3cc(CNC4CCOCC4)ccc32)c(C)cc1Cl. The molecule has 0 aliphatic carbocycles. The number of piperazine rings is 1. The molecule has 222 valence electrons. The van der Waals surface area contributed by atoms with Crippen molar-refractivity contribution in [3.05, 3.63) is 57.6 Å². The molecule has 0 radical (unpaired) electrons. The minimum absolute atomic E-state index is 0.0674. The highest BCUT2D eigenvalue weighted by molar-refractivity contribution is 7.89. The molecule has 5 rings (SSSR count). The predicted molar refractivity (Wildman–Crippen MR) is 154 cm³/mol. The van der Waals surface area contributed by atoms with Gasteiger partial charge in [-0.15, -0.1) is 0 Å². The van der Waals surface area contributed by atoms with Gasteiger partial charge in [0.2, 0.25) is 21.8 Å². The van der Waals surface area contributed by atoms with Gasteiger partial charge in [-0.1, -0.05) is 23.7 Å². The zero-order valence-electron chi connectivity index (χ0n) is 23.4. The topological polar surface area (TPSA) is 126 Å². The standard InChI is InChI=1S/C29H37ClN4O6S/c1-18-14-27(19(2)13-23(18)30)41(37,38)34-9-8-31-29(36)25(34)16-28(35)33-24-7-12-40-26-15-20(3-4-22(24)26)17-32-21-5-10-39-11-6-21/h3-4,13-15,21,24-25,32H,5-12,16-17H2,1-2H3,(H,31,36)(H,33,35)/t24-,25?/m1/s1. The van der Waals surface area contributed by atoms with Gasteiger partial charge in [-0.05, 0) is 61.6 Å². The fourth-order valence-electron chi connectivity index (χ4n) is 5.62. The Morgan fingerprint density at radius 2 is 1.88 bits per heavy atom. The number of rotatable bonds is 8. The maximum Gasteiger partial charge on any atom is 0.244 e. The number of nitrogens with one attached hydrogen (secondary N) is 3. The monoisotopic (exact) mass is 604 g/mol. The average molecular weight is 605 g/mol. The van der Waals surface area contributed by atoms with Gasteiger partial charge in [0.05, 0.1) is 24.0 Å². The first-order valence-electron chi connectivity index (χ1n) is 14.1. The first kappa shape index (κ1) is 29.8. The van der Waals surface area contributed by atoms with Crippen LogP contribution in [0.15, 0.2) is 35.2 Å². The molecule has 2 aromatic rings. The lowest BCUT2D eigenvalue weighted by Crippen LogP contribution is -2.58. The second-order valence-corrected chi connectivity index (χ2v) is 13.2. The number of sulfonamides is 1. The van der Waals surface area contributed by atoms with Gasteiger partial charge in [0.25, 0.3) is 0 Å². The van der Waals surface area contributed by atoms with Crippen molar-refractivity contribution in [1.29, 1.82) is 0 Å². The van der Waals surface area contributed by atoms with Gasteiger partial charge in [-0.2, -0.15) is 4.31 Å². The molecule has 2 amide bonds. The first-order chi connectivity index (χ1) is 19.6. The van der Waals surface area contributed by atoms with Crippen LogP contribution in [0.5, 0.6) is 5.75 Å². The highest BCUT2D eigenvalue weighted by atomic mass is 35.5. The fourth-order valence-corrected chi connectivity index (χ4v) is 7.72. The van der Waals surface area contributed by atoms with Crippen molar-refractivity contribution < 1.29 is 27.5 Å². The Morgan fingerprint density at radius 3 is 2.66 bits per heavy atom. The van der Waals surface area contributed by atoms with Gasteiger partial charge in [0, 0.05) is 55.9 Å². The van der Waals surface area contributed by atoms with E-state index in [-0.39, 0.29) is 30.4 Å². The van der Waals surface area contributed by atoms with E-state index < -0.39 is 27.9 Å². The van der Waals surface area contributed by atoms with Crippen LogP contribution in [0.1, 0.15) is 54.0 Å². The fraction of sp³-hybridized carbons (Fsp3) is 0.517. The molecule has 2 aromatic carbocycles. The molecule has 12 heteroatoms. The third-order valence-electron chi connectivity index (χ3n) is 7.97. The van der Waals surface area contributed by atoms with Crippen LogP contribution in [0.25, 0.3) is 0 Å². The quantitative estimate of drug-likeness (QED) is 0.423. The number of halogens is 1. The summed E-state index contributed by atoms with van der Waals surface area (Å²) in [4.78, 5) is 26.2. The maximum absolute atomic E-state index is 13.7. The van der Waals surface area contributed by atoms with Crippen molar-refractivity contribution in [3.63, 3.8) is 0 Å². The maximum atomic E-state index is 13.7. The van der Waals surface area contributed by atoms with E-state index in [2.05, 4.69) is 16.0 Å². The van der Waals surface area contributed by atoms with Gasteiger partial charge in [-0.25, -0.2) is 8.42 Å². The zero-order chi connectivity index (χ0) is 29.1. The molecule has 2 fully saturated rings. The number of benzene rings is 2. The summed E-state index contributed by atoms with van der Waals surface area (Å²) in [6.07, 6.45) is 2.26. The molecule has 3 N–H and O–H groups in total. The molecule has 3 heterocycles. The lowest BCUT2D eigenvalue weighted by Gasteiger charge is -2.34. The molecule has 2 atom stereocenters. The summed E-state index contributed by atoms with van der Waals surface area (Å²) in [5, 5.41) is 9.76. The van der Waals surface area contributed by atoms with Crippen molar-refractivity contribution in [2.75, 3.05) is 32.9 Å². The summed E-state index contributed by atoms with van der Waals surface area (Å²) >= 11 is 6.19.